The summed E-state index contributed by atoms with van der Waals surface area (Å²) < 4.78 is 0. The van der Waals surface area contributed by atoms with Crippen molar-refractivity contribution in [3.63, 3.8) is 0 Å². The van der Waals surface area contributed by atoms with Crippen molar-refractivity contribution >= 4 is 0 Å². The second-order valence-corrected chi connectivity index (χ2v) is 4.23. The Hall–Kier alpha value is -2.62. The summed E-state index contributed by atoms with van der Waals surface area (Å²) in [6.45, 7) is 1.92. The first-order valence-electron chi connectivity index (χ1n) is 6.00. The number of aromatic nitrogens is 4. The lowest BCUT2D eigenvalue weighted by atomic mass is 10.1. The molecule has 0 N–H and O–H groups in total. The fraction of sp³-hybridized carbons (Fsp3) is 0.0667. The zero-order valence-electron chi connectivity index (χ0n) is 10.5. The lowest BCUT2D eigenvalue weighted by molar-refractivity contribution is 1.04. The van der Waals surface area contributed by atoms with Crippen molar-refractivity contribution in [3.8, 4) is 22.5 Å². The lowest BCUT2D eigenvalue weighted by Gasteiger charge is -2.03. The zero-order valence-corrected chi connectivity index (χ0v) is 10.5. The highest BCUT2D eigenvalue weighted by atomic mass is 15.1. The molecule has 4 heteroatoms. The molecule has 0 amide bonds. The van der Waals surface area contributed by atoms with Crippen LogP contribution in [0, 0.1) is 6.92 Å². The van der Waals surface area contributed by atoms with Crippen LogP contribution in [0.5, 0.6) is 0 Å². The quantitative estimate of drug-likeness (QED) is 0.699. The molecular weight excluding hydrogens is 236 g/mol. The maximum Gasteiger partial charge on any atom is 0.0929 e. The molecule has 2 aromatic heterocycles. The molecule has 0 atom stereocenters. The molecule has 3 aromatic rings. The first kappa shape index (κ1) is 11.5. The van der Waals surface area contributed by atoms with Crippen LogP contribution in [-0.2, 0) is 0 Å². The third kappa shape index (κ3) is 2.47. The lowest BCUT2D eigenvalue weighted by Crippen LogP contribution is -1.89. The molecule has 0 aliphatic carbocycles. The van der Waals surface area contributed by atoms with Crippen molar-refractivity contribution in [1.29, 1.82) is 0 Å². The molecule has 19 heavy (non-hydrogen) atoms. The van der Waals surface area contributed by atoms with Gasteiger partial charge in [0.05, 0.1) is 23.3 Å². The number of nitrogens with zero attached hydrogens (tertiary/aromatic N) is 4. The average molecular weight is 248 g/mol. The van der Waals surface area contributed by atoms with E-state index in [0.717, 1.165) is 28.2 Å². The van der Waals surface area contributed by atoms with Gasteiger partial charge < -0.3 is 0 Å². The molecule has 0 radical (unpaired) electrons. The van der Waals surface area contributed by atoms with Crippen molar-refractivity contribution < 1.29 is 0 Å². The van der Waals surface area contributed by atoms with Gasteiger partial charge >= 0.3 is 0 Å². The van der Waals surface area contributed by atoms with Crippen molar-refractivity contribution in [2.24, 2.45) is 0 Å². The maximum absolute atomic E-state index is 4.36. The van der Waals surface area contributed by atoms with Crippen LogP contribution < -0.4 is 0 Å². The van der Waals surface area contributed by atoms with E-state index in [-0.39, 0.29) is 0 Å². The van der Waals surface area contributed by atoms with E-state index in [9.17, 15) is 0 Å². The topological polar surface area (TPSA) is 51.6 Å². The first-order valence-corrected chi connectivity index (χ1v) is 6.00. The molecule has 4 nitrogen and oxygen atoms in total. The van der Waals surface area contributed by atoms with E-state index in [1.807, 2.05) is 43.3 Å². The van der Waals surface area contributed by atoms with Gasteiger partial charge in [0, 0.05) is 23.5 Å². The molecule has 0 unspecified atom stereocenters. The van der Waals surface area contributed by atoms with E-state index < -0.39 is 0 Å². The SMILES string of the molecule is Cc1cnc(-c2ccc(-c3cccnn3)cc2)cn1. The van der Waals surface area contributed by atoms with E-state index in [2.05, 4.69) is 20.2 Å². The number of hydrogen-bond donors (Lipinski definition) is 0. The maximum atomic E-state index is 4.36. The van der Waals surface area contributed by atoms with Crippen LogP contribution in [0.4, 0.5) is 0 Å². The molecule has 0 fully saturated rings. The first-order chi connectivity index (χ1) is 9.33. The van der Waals surface area contributed by atoms with Gasteiger partial charge in [0.25, 0.3) is 0 Å². The number of rotatable bonds is 2. The second kappa shape index (κ2) is 4.94. The third-order valence-corrected chi connectivity index (χ3v) is 2.83. The summed E-state index contributed by atoms with van der Waals surface area (Å²) in [6, 6.07) is 11.9. The van der Waals surface area contributed by atoms with Crippen molar-refractivity contribution in [3.05, 3.63) is 60.7 Å². The highest BCUT2D eigenvalue weighted by molar-refractivity contribution is 5.65. The van der Waals surface area contributed by atoms with Crippen LogP contribution in [-0.4, -0.2) is 20.2 Å². The predicted molar refractivity (Wildman–Crippen MR) is 73.2 cm³/mol. The minimum absolute atomic E-state index is 0.865. The largest absolute Gasteiger partial charge is 0.258 e. The van der Waals surface area contributed by atoms with Crippen molar-refractivity contribution in [2.75, 3.05) is 0 Å². The molecule has 0 saturated heterocycles. The van der Waals surface area contributed by atoms with Gasteiger partial charge in [0.2, 0.25) is 0 Å². The van der Waals surface area contributed by atoms with Crippen LogP contribution in [0.25, 0.3) is 22.5 Å². The fourth-order valence-corrected chi connectivity index (χ4v) is 1.81. The summed E-state index contributed by atoms with van der Waals surface area (Å²) >= 11 is 0. The molecule has 1 aromatic carbocycles. The van der Waals surface area contributed by atoms with Crippen LogP contribution in [0.15, 0.2) is 55.0 Å². The van der Waals surface area contributed by atoms with E-state index in [0.29, 0.717) is 0 Å². The molecular formula is C15H12N4. The van der Waals surface area contributed by atoms with E-state index in [4.69, 9.17) is 0 Å². The summed E-state index contributed by atoms with van der Waals surface area (Å²) in [5, 5.41) is 7.96. The highest BCUT2D eigenvalue weighted by Gasteiger charge is 2.02. The normalized spacial score (nSPS) is 10.4. The number of benzene rings is 1. The summed E-state index contributed by atoms with van der Waals surface area (Å²) in [5.74, 6) is 0. The monoisotopic (exact) mass is 248 g/mol. The molecule has 0 aliphatic heterocycles. The minimum atomic E-state index is 0.865. The van der Waals surface area contributed by atoms with Gasteiger partial charge in [-0.2, -0.15) is 10.2 Å². The molecule has 0 aliphatic rings. The minimum Gasteiger partial charge on any atom is -0.258 e. The van der Waals surface area contributed by atoms with Gasteiger partial charge in [0.15, 0.2) is 0 Å². The Morgan fingerprint density at radius 2 is 1.53 bits per heavy atom. The predicted octanol–water partition coefficient (Wildman–Crippen LogP) is 2.91. The second-order valence-electron chi connectivity index (χ2n) is 4.23. The molecule has 92 valence electrons. The molecule has 3 rings (SSSR count). The van der Waals surface area contributed by atoms with E-state index in [1.165, 1.54) is 0 Å². The standard InChI is InChI=1S/C15H12N4/c1-11-9-17-15(10-16-11)13-6-4-12(5-7-13)14-3-2-8-18-19-14/h2-10H,1H3. The Morgan fingerprint density at radius 3 is 2.11 bits per heavy atom. The summed E-state index contributed by atoms with van der Waals surface area (Å²) in [7, 11) is 0. The summed E-state index contributed by atoms with van der Waals surface area (Å²) in [5.41, 5.74) is 4.73. The fourth-order valence-electron chi connectivity index (χ4n) is 1.81. The zero-order chi connectivity index (χ0) is 13.1. The van der Waals surface area contributed by atoms with Gasteiger partial charge in [0.1, 0.15) is 0 Å². The van der Waals surface area contributed by atoms with Gasteiger partial charge in [-0.05, 0) is 19.1 Å². The molecule has 0 saturated carbocycles. The number of aryl methyl sites for hydroxylation is 1. The molecule has 0 bridgehead atoms. The Kier molecular flexibility index (Phi) is 2.98. The van der Waals surface area contributed by atoms with Crippen LogP contribution in [0.2, 0.25) is 0 Å². The van der Waals surface area contributed by atoms with Crippen LogP contribution >= 0.6 is 0 Å². The van der Waals surface area contributed by atoms with Gasteiger partial charge in [-0.3, -0.25) is 9.97 Å². The van der Waals surface area contributed by atoms with Crippen molar-refractivity contribution in [1.82, 2.24) is 20.2 Å². The van der Waals surface area contributed by atoms with Gasteiger partial charge in [-0.1, -0.05) is 24.3 Å². The number of hydrogen-bond acceptors (Lipinski definition) is 4. The Labute approximate surface area is 111 Å². The van der Waals surface area contributed by atoms with E-state index in [1.54, 1.807) is 18.6 Å². The van der Waals surface area contributed by atoms with Gasteiger partial charge in [-0.25, -0.2) is 0 Å². The highest BCUT2D eigenvalue weighted by Crippen LogP contribution is 2.21. The van der Waals surface area contributed by atoms with E-state index >= 15 is 0 Å². The molecule has 2 heterocycles. The average Bonchev–Trinajstić information content (AvgIpc) is 2.49. The van der Waals surface area contributed by atoms with Crippen LogP contribution in [0.3, 0.4) is 0 Å². The Bertz CT molecular complexity index is 661. The van der Waals surface area contributed by atoms with Gasteiger partial charge in [-0.15, -0.1) is 0 Å². The Morgan fingerprint density at radius 1 is 0.789 bits per heavy atom. The smallest absolute Gasteiger partial charge is 0.0929 e. The third-order valence-electron chi connectivity index (χ3n) is 2.83. The Balaban J connectivity index is 1.93. The summed E-state index contributed by atoms with van der Waals surface area (Å²) in [6.07, 6.45) is 5.22. The van der Waals surface area contributed by atoms with Crippen molar-refractivity contribution in [2.45, 2.75) is 6.92 Å². The van der Waals surface area contributed by atoms with Crippen LogP contribution in [0.1, 0.15) is 5.69 Å². The molecule has 0 spiro atoms. The summed E-state index contributed by atoms with van der Waals surface area (Å²) in [4.78, 5) is 8.61.